The number of halogens is 2. The molecule has 0 radical (unpaired) electrons. The lowest BCUT2D eigenvalue weighted by atomic mass is 10.2. The molecule has 0 aliphatic rings. The predicted molar refractivity (Wildman–Crippen MR) is 121 cm³/mol. The Morgan fingerprint density at radius 1 is 1.28 bits per heavy atom. The van der Waals surface area contributed by atoms with Crippen LogP contribution in [0.5, 0.6) is 0 Å². The summed E-state index contributed by atoms with van der Waals surface area (Å²) in [6.07, 6.45) is 0. The molecule has 1 heterocycles. The monoisotopic (exact) mass is 478 g/mol. The van der Waals surface area contributed by atoms with Crippen molar-refractivity contribution in [2.75, 3.05) is 25.2 Å². The Morgan fingerprint density at radius 3 is 2.59 bits per heavy atom. The second-order valence-corrected chi connectivity index (χ2v) is 8.43. The highest BCUT2D eigenvalue weighted by Gasteiger charge is 2.22. The molecular weight excluding hydrogens is 459 g/mol. The molecule has 1 amide bonds. The smallest absolute Gasteiger partial charge is 0.306 e. The molecule has 9 nitrogen and oxygen atoms in total. The van der Waals surface area contributed by atoms with Gasteiger partial charge in [-0.2, -0.15) is 4.39 Å². The van der Waals surface area contributed by atoms with Crippen molar-refractivity contribution in [2.45, 2.75) is 18.1 Å². The second-order valence-electron chi connectivity index (χ2n) is 7.05. The van der Waals surface area contributed by atoms with Crippen molar-refractivity contribution >= 4 is 40.6 Å². The average Bonchev–Trinajstić information content (AvgIpc) is 3.17. The molecule has 3 aromatic rings. The van der Waals surface area contributed by atoms with Crippen LogP contribution in [0.4, 0.5) is 15.8 Å². The third kappa shape index (κ3) is 5.42. The van der Waals surface area contributed by atoms with Crippen LogP contribution in [-0.2, 0) is 4.79 Å². The molecule has 168 valence electrons. The predicted octanol–water partition coefficient (Wildman–Crippen LogP) is 4.32. The first kappa shape index (κ1) is 23.6. The molecule has 1 N–H and O–H groups in total. The van der Waals surface area contributed by atoms with E-state index in [2.05, 4.69) is 15.5 Å². The number of carbonyl (C=O) groups excluding carboxylic acids is 1. The fraction of sp³-hybridized carbons (Fsp3) is 0.250. The topological polar surface area (TPSA) is 106 Å². The summed E-state index contributed by atoms with van der Waals surface area (Å²) in [5.74, 6) is -0.744. The molecule has 12 heteroatoms. The molecule has 0 bridgehead atoms. The van der Waals surface area contributed by atoms with Gasteiger partial charge in [0.25, 0.3) is 0 Å². The first-order valence-corrected chi connectivity index (χ1v) is 10.8. The molecule has 0 saturated heterocycles. The number of anilines is 1. The summed E-state index contributed by atoms with van der Waals surface area (Å²) in [7, 11) is 3.85. The van der Waals surface area contributed by atoms with Crippen LogP contribution in [0.25, 0.3) is 5.69 Å². The molecule has 2 aromatic carbocycles. The molecule has 3 rings (SSSR count). The first-order valence-electron chi connectivity index (χ1n) is 9.41. The Morgan fingerprint density at radius 2 is 1.97 bits per heavy atom. The van der Waals surface area contributed by atoms with Crippen molar-refractivity contribution < 1.29 is 14.1 Å². The fourth-order valence-electron chi connectivity index (χ4n) is 2.77. The number of nitro groups is 1. The molecule has 32 heavy (non-hydrogen) atoms. The van der Waals surface area contributed by atoms with E-state index in [1.807, 2.05) is 42.6 Å². The van der Waals surface area contributed by atoms with Crippen LogP contribution in [0, 0.1) is 15.9 Å². The summed E-state index contributed by atoms with van der Waals surface area (Å²) < 4.78 is 15.3. The van der Waals surface area contributed by atoms with Crippen molar-refractivity contribution in [3.8, 4) is 5.69 Å². The molecule has 0 aliphatic carbocycles. The van der Waals surface area contributed by atoms with Crippen molar-refractivity contribution in [2.24, 2.45) is 0 Å². The molecular formula is C20H20ClFN6O3S. The number of thioether (sulfide) groups is 1. The maximum Gasteiger partial charge on any atom is 0.306 e. The highest BCUT2D eigenvalue weighted by molar-refractivity contribution is 7.99. The lowest BCUT2D eigenvalue weighted by molar-refractivity contribution is -0.387. The third-order valence-electron chi connectivity index (χ3n) is 4.65. The van der Waals surface area contributed by atoms with Crippen LogP contribution in [0.1, 0.15) is 18.8 Å². The Kier molecular flexibility index (Phi) is 7.44. The summed E-state index contributed by atoms with van der Waals surface area (Å²) in [5.41, 5.74) is 0.213. The SMILES string of the molecule is CC(c1nnc(SCC(=O)Nc2ccc(F)c([N+](=O)[O-])c2)n1-c1ccc(Cl)cc1)N(C)C. The molecule has 0 fully saturated rings. The lowest BCUT2D eigenvalue weighted by Crippen LogP contribution is -2.21. The number of rotatable bonds is 8. The van der Waals surface area contributed by atoms with E-state index in [0.717, 1.165) is 29.6 Å². The maximum absolute atomic E-state index is 13.5. The van der Waals surface area contributed by atoms with Gasteiger partial charge in [0.1, 0.15) is 0 Å². The number of aromatic nitrogens is 3. The minimum atomic E-state index is -0.971. The highest BCUT2D eigenvalue weighted by Crippen LogP contribution is 2.28. The Hall–Kier alpha value is -3.02. The Bertz CT molecular complexity index is 1140. The Labute approximate surface area is 192 Å². The summed E-state index contributed by atoms with van der Waals surface area (Å²) in [4.78, 5) is 24.4. The second kappa shape index (κ2) is 10.1. The van der Waals surface area contributed by atoms with E-state index < -0.39 is 22.3 Å². The number of nitrogens with zero attached hydrogens (tertiary/aromatic N) is 5. The van der Waals surface area contributed by atoms with Crippen LogP contribution in [0.2, 0.25) is 5.02 Å². The molecule has 0 saturated carbocycles. The number of nitrogens with one attached hydrogen (secondary N) is 1. The fourth-order valence-corrected chi connectivity index (χ4v) is 3.65. The van der Waals surface area contributed by atoms with E-state index in [1.165, 1.54) is 6.07 Å². The summed E-state index contributed by atoms with van der Waals surface area (Å²) in [5, 5.41) is 23.1. The van der Waals surface area contributed by atoms with Gasteiger partial charge in [-0.1, -0.05) is 23.4 Å². The number of hydrogen-bond donors (Lipinski definition) is 1. The van der Waals surface area contributed by atoms with E-state index in [1.54, 1.807) is 12.1 Å². The standard InChI is InChI=1S/C20H20ClFN6O3S/c1-12(26(2)3)19-24-25-20(27(19)15-7-4-13(21)5-8-15)32-11-18(29)23-14-6-9-16(22)17(10-14)28(30)31/h4-10,12H,11H2,1-3H3,(H,23,29). The van der Waals surface area contributed by atoms with E-state index in [-0.39, 0.29) is 17.5 Å². The van der Waals surface area contributed by atoms with Gasteiger partial charge < -0.3 is 5.32 Å². The Balaban J connectivity index is 1.80. The molecule has 1 atom stereocenters. The van der Waals surface area contributed by atoms with Gasteiger partial charge in [0.05, 0.1) is 16.7 Å². The molecule has 0 aliphatic heterocycles. The van der Waals surface area contributed by atoms with Crippen molar-refractivity contribution in [1.82, 2.24) is 19.7 Å². The molecule has 1 unspecified atom stereocenters. The van der Waals surface area contributed by atoms with Crippen LogP contribution < -0.4 is 5.32 Å². The summed E-state index contributed by atoms with van der Waals surface area (Å²) in [6.45, 7) is 1.99. The van der Waals surface area contributed by atoms with Gasteiger partial charge in [-0.3, -0.25) is 24.4 Å². The van der Waals surface area contributed by atoms with E-state index in [4.69, 9.17) is 11.6 Å². The minimum absolute atomic E-state index is 0.0345. The number of carbonyl (C=O) groups is 1. The van der Waals surface area contributed by atoms with Crippen LogP contribution in [0.15, 0.2) is 47.6 Å². The zero-order valence-electron chi connectivity index (χ0n) is 17.5. The van der Waals surface area contributed by atoms with Gasteiger partial charge >= 0.3 is 5.69 Å². The van der Waals surface area contributed by atoms with Crippen molar-refractivity contribution in [3.63, 3.8) is 0 Å². The number of benzene rings is 2. The van der Waals surface area contributed by atoms with Crippen molar-refractivity contribution in [1.29, 1.82) is 0 Å². The van der Waals surface area contributed by atoms with Crippen LogP contribution in [-0.4, -0.2) is 50.3 Å². The zero-order valence-corrected chi connectivity index (χ0v) is 19.0. The normalized spacial score (nSPS) is 12.1. The number of amides is 1. The van der Waals surface area contributed by atoms with Gasteiger partial charge in [-0.25, -0.2) is 0 Å². The largest absolute Gasteiger partial charge is 0.325 e. The summed E-state index contributed by atoms with van der Waals surface area (Å²) in [6, 6.07) is 10.3. The first-order chi connectivity index (χ1) is 15.2. The number of nitro benzene ring substituents is 1. The minimum Gasteiger partial charge on any atom is -0.325 e. The van der Waals surface area contributed by atoms with Crippen LogP contribution >= 0.6 is 23.4 Å². The van der Waals surface area contributed by atoms with Gasteiger partial charge in [0.15, 0.2) is 11.0 Å². The van der Waals surface area contributed by atoms with E-state index in [9.17, 15) is 19.3 Å². The average molecular weight is 479 g/mol. The highest BCUT2D eigenvalue weighted by atomic mass is 35.5. The molecule has 1 aromatic heterocycles. The number of hydrogen-bond acceptors (Lipinski definition) is 7. The van der Waals surface area contributed by atoms with E-state index in [0.29, 0.717) is 16.0 Å². The zero-order chi connectivity index (χ0) is 23.4. The lowest BCUT2D eigenvalue weighted by Gasteiger charge is -2.20. The summed E-state index contributed by atoms with van der Waals surface area (Å²) >= 11 is 7.17. The van der Waals surface area contributed by atoms with Gasteiger partial charge in [-0.05, 0) is 57.4 Å². The van der Waals surface area contributed by atoms with E-state index >= 15 is 0 Å². The quantitative estimate of drug-likeness (QED) is 0.292. The van der Waals surface area contributed by atoms with Crippen molar-refractivity contribution in [3.05, 3.63) is 69.2 Å². The van der Waals surface area contributed by atoms with Gasteiger partial charge in [0.2, 0.25) is 11.7 Å². The van der Waals surface area contributed by atoms with Gasteiger partial charge in [0, 0.05) is 22.5 Å². The third-order valence-corrected chi connectivity index (χ3v) is 5.83. The maximum atomic E-state index is 13.5. The van der Waals surface area contributed by atoms with Crippen LogP contribution in [0.3, 0.4) is 0 Å². The molecule has 0 spiro atoms. The van der Waals surface area contributed by atoms with Gasteiger partial charge in [-0.15, -0.1) is 10.2 Å².